The fraction of sp³-hybridized carbons (Fsp3) is 0.250. The van der Waals surface area contributed by atoms with Crippen molar-refractivity contribution in [3.8, 4) is 0 Å². The molecule has 0 atom stereocenters. The predicted octanol–water partition coefficient (Wildman–Crippen LogP) is 3.18. The number of methoxy groups -OCH3 is 1. The molecule has 3 nitrogen and oxygen atoms in total. The van der Waals surface area contributed by atoms with Gasteiger partial charge in [-0.05, 0) is 21.5 Å². The molecule has 1 aromatic heterocycles. The first-order chi connectivity index (χ1) is 6.61. The number of pyridine rings is 1. The standard InChI is InChI=1S/C8H6Br2ClNO2/c1-14-8(13)6-4(2-9)5(10)3-12-7(6)11/h3H,2H2,1H3. The van der Waals surface area contributed by atoms with Gasteiger partial charge in [-0.15, -0.1) is 0 Å². The van der Waals surface area contributed by atoms with Crippen molar-refractivity contribution in [2.75, 3.05) is 7.11 Å². The van der Waals surface area contributed by atoms with E-state index in [0.29, 0.717) is 10.9 Å². The molecular formula is C8H6Br2ClNO2. The summed E-state index contributed by atoms with van der Waals surface area (Å²) in [4.78, 5) is 15.2. The monoisotopic (exact) mass is 341 g/mol. The minimum atomic E-state index is -0.488. The number of carbonyl (C=O) groups excluding carboxylic acids is 1. The normalized spacial score (nSPS) is 10.0. The van der Waals surface area contributed by atoms with Crippen molar-refractivity contribution in [1.82, 2.24) is 4.98 Å². The first kappa shape index (κ1) is 11.9. The molecule has 0 bridgehead atoms. The molecule has 1 heterocycles. The molecular weight excluding hydrogens is 337 g/mol. The van der Waals surface area contributed by atoms with E-state index >= 15 is 0 Å². The van der Waals surface area contributed by atoms with E-state index in [1.165, 1.54) is 7.11 Å². The van der Waals surface area contributed by atoms with Crippen LogP contribution in [0.4, 0.5) is 0 Å². The predicted molar refractivity (Wildman–Crippen MR) is 60.9 cm³/mol. The van der Waals surface area contributed by atoms with Gasteiger partial charge in [-0.2, -0.15) is 0 Å². The molecule has 0 unspecified atom stereocenters. The van der Waals surface area contributed by atoms with Crippen LogP contribution in [0.15, 0.2) is 10.7 Å². The highest BCUT2D eigenvalue weighted by Gasteiger charge is 2.18. The average molecular weight is 343 g/mol. The van der Waals surface area contributed by atoms with Crippen molar-refractivity contribution in [3.63, 3.8) is 0 Å². The highest BCUT2D eigenvalue weighted by Crippen LogP contribution is 2.27. The van der Waals surface area contributed by atoms with Crippen LogP contribution < -0.4 is 0 Å². The van der Waals surface area contributed by atoms with Crippen molar-refractivity contribution >= 4 is 49.4 Å². The van der Waals surface area contributed by atoms with Gasteiger partial charge in [-0.25, -0.2) is 9.78 Å². The molecule has 76 valence electrons. The number of rotatable bonds is 2. The molecule has 1 aromatic rings. The summed E-state index contributed by atoms with van der Waals surface area (Å²) < 4.78 is 5.33. The second-order valence-electron chi connectivity index (χ2n) is 2.38. The first-order valence-electron chi connectivity index (χ1n) is 3.59. The molecule has 0 saturated heterocycles. The van der Waals surface area contributed by atoms with E-state index in [9.17, 15) is 4.79 Å². The first-order valence-corrected chi connectivity index (χ1v) is 5.88. The maximum atomic E-state index is 11.4. The number of nitrogens with zero attached hydrogens (tertiary/aromatic N) is 1. The van der Waals surface area contributed by atoms with E-state index in [1.54, 1.807) is 6.20 Å². The Balaban J connectivity index is 3.37. The zero-order chi connectivity index (χ0) is 10.7. The van der Waals surface area contributed by atoms with E-state index in [0.717, 1.165) is 10.0 Å². The summed E-state index contributed by atoms with van der Waals surface area (Å²) in [6.45, 7) is 0. The molecule has 0 aromatic carbocycles. The summed E-state index contributed by atoms with van der Waals surface area (Å²) in [5.74, 6) is -0.488. The Kier molecular flexibility index (Phi) is 4.34. The molecule has 0 aliphatic heterocycles. The number of esters is 1. The molecule has 14 heavy (non-hydrogen) atoms. The van der Waals surface area contributed by atoms with Crippen molar-refractivity contribution < 1.29 is 9.53 Å². The topological polar surface area (TPSA) is 39.2 Å². The summed E-state index contributed by atoms with van der Waals surface area (Å²) in [5, 5.41) is 0.648. The van der Waals surface area contributed by atoms with Crippen LogP contribution in [0.1, 0.15) is 15.9 Å². The van der Waals surface area contributed by atoms with Crippen molar-refractivity contribution in [1.29, 1.82) is 0 Å². The maximum absolute atomic E-state index is 11.4. The second-order valence-corrected chi connectivity index (χ2v) is 4.15. The van der Waals surface area contributed by atoms with Crippen LogP contribution in [0.3, 0.4) is 0 Å². The Morgan fingerprint density at radius 1 is 1.71 bits per heavy atom. The van der Waals surface area contributed by atoms with Crippen LogP contribution in [0.25, 0.3) is 0 Å². The number of carbonyl (C=O) groups is 1. The lowest BCUT2D eigenvalue weighted by atomic mass is 10.2. The smallest absolute Gasteiger partial charge is 0.341 e. The van der Waals surface area contributed by atoms with Gasteiger partial charge in [0, 0.05) is 16.0 Å². The summed E-state index contributed by atoms with van der Waals surface area (Å²) in [7, 11) is 1.30. The molecule has 0 radical (unpaired) electrons. The highest BCUT2D eigenvalue weighted by atomic mass is 79.9. The second kappa shape index (κ2) is 5.09. The van der Waals surface area contributed by atoms with Gasteiger partial charge in [0.15, 0.2) is 0 Å². The third-order valence-electron chi connectivity index (χ3n) is 1.61. The minimum Gasteiger partial charge on any atom is -0.465 e. The van der Waals surface area contributed by atoms with Gasteiger partial charge >= 0.3 is 5.97 Å². The summed E-state index contributed by atoms with van der Waals surface area (Å²) in [6, 6.07) is 0. The maximum Gasteiger partial charge on any atom is 0.341 e. The minimum absolute atomic E-state index is 0.148. The Bertz CT molecular complexity index is 371. The fourth-order valence-electron chi connectivity index (χ4n) is 0.940. The van der Waals surface area contributed by atoms with Gasteiger partial charge in [-0.1, -0.05) is 27.5 Å². The molecule has 6 heteroatoms. The molecule has 0 amide bonds. The number of halogens is 3. The Morgan fingerprint density at radius 2 is 2.36 bits per heavy atom. The van der Waals surface area contributed by atoms with Crippen molar-refractivity contribution in [2.24, 2.45) is 0 Å². The Morgan fingerprint density at radius 3 is 2.86 bits per heavy atom. The molecule has 0 aliphatic rings. The molecule has 1 rings (SSSR count). The third-order valence-corrected chi connectivity index (χ3v) is 3.14. The largest absolute Gasteiger partial charge is 0.465 e. The van der Waals surface area contributed by atoms with Gasteiger partial charge in [0.2, 0.25) is 0 Å². The van der Waals surface area contributed by atoms with Crippen LogP contribution >= 0.6 is 43.5 Å². The van der Waals surface area contributed by atoms with Crippen LogP contribution in [-0.4, -0.2) is 18.1 Å². The van der Waals surface area contributed by atoms with E-state index in [4.69, 9.17) is 11.6 Å². The summed E-state index contributed by atoms with van der Waals surface area (Å²) in [5.41, 5.74) is 1.03. The van der Waals surface area contributed by atoms with Crippen LogP contribution in [0.2, 0.25) is 5.15 Å². The van der Waals surface area contributed by atoms with Crippen LogP contribution in [0, 0.1) is 0 Å². The van der Waals surface area contributed by atoms with E-state index < -0.39 is 5.97 Å². The number of hydrogen-bond donors (Lipinski definition) is 0. The number of hydrogen-bond acceptors (Lipinski definition) is 3. The Hall–Kier alpha value is -0.130. The SMILES string of the molecule is COC(=O)c1c(Cl)ncc(Br)c1CBr. The molecule has 0 spiro atoms. The molecule has 0 saturated carbocycles. The average Bonchev–Trinajstić information content (AvgIpc) is 2.19. The zero-order valence-corrected chi connectivity index (χ0v) is 11.1. The molecule has 0 aliphatic carbocycles. The van der Waals surface area contributed by atoms with Gasteiger partial charge in [0.05, 0.1) is 7.11 Å². The Labute approximate surface area is 103 Å². The van der Waals surface area contributed by atoms with Crippen molar-refractivity contribution in [3.05, 3.63) is 26.9 Å². The van der Waals surface area contributed by atoms with Gasteiger partial charge in [0.25, 0.3) is 0 Å². The van der Waals surface area contributed by atoms with Crippen molar-refractivity contribution in [2.45, 2.75) is 5.33 Å². The van der Waals surface area contributed by atoms with Crippen LogP contribution in [-0.2, 0) is 10.1 Å². The summed E-state index contributed by atoms with van der Waals surface area (Å²) in [6.07, 6.45) is 1.55. The molecule has 0 N–H and O–H groups in total. The van der Waals surface area contributed by atoms with Gasteiger partial charge in [-0.3, -0.25) is 0 Å². The number of ether oxygens (including phenoxy) is 1. The molecule has 0 fully saturated rings. The van der Waals surface area contributed by atoms with E-state index in [2.05, 4.69) is 41.6 Å². The summed E-state index contributed by atoms with van der Waals surface area (Å²) >= 11 is 12.3. The zero-order valence-electron chi connectivity index (χ0n) is 7.18. The quantitative estimate of drug-likeness (QED) is 0.470. The number of aromatic nitrogens is 1. The van der Waals surface area contributed by atoms with E-state index in [-0.39, 0.29) is 5.15 Å². The van der Waals surface area contributed by atoms with Gasteiger partial charge < -0.3 is 4.74 Å². The highest BCUT2D eigenvalue weighted by molar-refractivity contribution is 9.10. The van der Waals surface area contributed by atoms with Gasteiger partial charge in [0.1, 0.15) is 10.7 Å². The lowest BCUT2D eigenvalue weighted by Crippen LogP contribution is -2.07. The number of alkyl halides is 1. The fourth-order valence-corrected chi connectivity index (χ4v) is 2.58. The lowest BCUT2D eigenvalue weighted by molar-refractivity contribution is 0.0599. The third kappa shape index (κ3) is 2.27. The van der Waals surface area contributed by atoms with E-state index in [1.807, 2.05) is 0 Å². The lowest BCUT2D eigenvalue weighted by Gasteiger charge is -2.08. The van der Waals surface area contributed by atoms with Crippen LogP contribution in [0.5, 0.6) is 0 Å².